The average Bonchev–Trinajstić information content (AvgIpc) is 2.71. The summed E-state index contributed by atoms with van der Waals surface area (Å²) in [4.78, 5) is 11.8. The van der Waals surface area contributed by atoms with Crippen LogP contribution in [0.5, 0.6) is 0 Å². The molecule has 2 rings (SSSR count). The molecule has 0 atom stereocenters. The second-order valence-corrected chi connectivity index (χ2v) is 10.6. The number of hydrogen-bond donors (Lipinski definition) is 1. The highest BCUT2D eigenvalue weighted by molar-refractivity contribution is 5.81. The van der Waals surface area contributed by atoms with Crippen molar-refractivity contribution in [1.82, 2.24) is 5.32 Å². The molecule has 32 heavy (non-hydrogen) atoms. The molecule has 0 fully saturated rings. The van der Waals surface area contributed by atoms with E-state index in [0.29, 0.717) is 0 Å². The number of benzene rings is 2. The van der Waals surface area contributed by atoms with E-state index in [-0.39, 0.29) is 16.6 Å². The van der Waals surface area contributed by atoms with Crippen molar-refractivity contribution in [2.24, 2.45) is 5.41 Å². The molecule has 0 amide bonds. The molecule has 1 N–H and O–H groups in total. The standard InChI is InChI=1S/C30H41NO/c1-22(13-12-18-30(7,8)24(3)32)19-28(31-21-26-15-10-9-14-23(26)2)25-16-11-17-27(20-25)29(4,5)6/h9-11,14-17,19-20,31H,1,12-13,18,21H2,2-8H3/b28-19-. The molecule has 2 nitrogen and oxygen atoms in total. The molecular formula is C30H41NO. The van der Waals surface area contributed by atoms with Crippen molar-refractivity contribution in [1.29, 1.82) is 0 Å². The summed E-state index contributed by atoms with van der Waals surface area (Å²) in [5.74, 6) is 0.248. The summed E-state index contributed by atoms with van der Waals surface area (Å²) in [6.07, 6.45) is 4.89. The van der Waals surface area contributed by atoms with Crippen molar-refractivity contribution in [2.75, 3.05) is 0 Å². The van der Waals surface area contributed by atoms with E-state index in [1.807, 2.05) is 13.8 Å². The van der Waals surface area contributed by atoms with Crippen molar-refractivity contribution in [3.63, 3.8) is 0 Å². The van der Waals surface area contributed by atoms with Gasteiger partial charge in [-0.1, -0.05) is 89.2 Å². The molecule has 0 saturated carbocycles. The fourth-order valence-corrected chi connectivity index (χ4v) is 3.60. The van der Waals surface area contributed by atoms with Crippen LogP contribution >= 0.6 is 0 Å². The lowest BCUT2D eigenvalue weighted by molar-refractivity contribution is -0.125. The Balaban J connectivity index is 2.24. The molecule has 0 radical (unpaired) electrons. The van der Waals surface area contributed by atoms with E-state index in [1.54, 1.807) is 6.92 Å². The zero-order valence-electron chi connectivity index (χ0n) is 21.1. The topological polar surface area (TPSA) is 29.1 Å². The molecular weight excluding hydrogens is 390 g/mol. The number of hydrogen-bond acceptors (Lipinski definition) is 2. The van der Waals surface area contributed by atoms with Gasteiger partial charge < -0.3 is 5.32 Å². The molecule has 2 heteroatoms. The van der Waals surface area contributed by atoms with Gasteiger partial charge in [-0.3, -0.25) is 4.79 Å². The lowest BCUT2D eigenvalue weighted by Crippen LogP contribution is -2.21. The monoisotopic (exact) mass is 431 g/mol. The van der Waals surface area contributed by atoms with Crippen LogP contribution in [0.15, 0.2) is 66.8 Å². The molecule has 0 spiro atoms. The Morgan fingerprint density at radius 1 is 1.03 bits per heavy atom. The largest absolute Gasteiger partial charge is 0.380 e. The van der Waals surface area contributed by atoms with Gasteiger partial charge in [0.2, 0.25) is 0 Å². The molecule has 0 unspecified atom stereocenters. The predicted octanol–water partition coefficient (Wildman–Crippen LogP) is 7.76. The van der Waals surface area contributed by atoms with Crippen LogP contribution < -0.4 is 5.32 Å². The van der Waals surface area contributed by atoms with Crippen LogP contribution in [0.2, 0.25) is 0 Å². The lowest BCUT2D eigenvalue weighted by atomic mass is 9.83. The van der Waals surface area contributed by atoms with E-state index in [1.165, 1.54) is 22.3 Å². The van der Waals surface area contributed by atoms with Crippen molar-refractivity contribution >= 4 is 11.5 Å². The number of nitrogens with one attached hydrogen (secondary N) is 1. The molecule has 2 aromatic rings. The molecule has 0 bridgehead atoms. The molecule has 0 heterocycles. The zero-order valence-corrected chi connectivity index (χ0v) is 21.1. The smallest absolute Gasteiger partial charge is 0.135 e. The third-order valence-electron chi connectivity index (χ3n) is 6.37. The van der Waals surface area contributed by atoms with Crippen molar-refractivity contribution in [3.05, 3.63) is 89.0 Å². The molecule has 0 aliphatic rings. The van der Waals surface area contributed by atoms with E-state index < -0.39 is 0 Å². The van der Waals surface area contributed by atoms with Gasteiger partial charge in [-0.25, -0.2) is 0 Å². The van der Waals surface area contributed by atoms with Crippen LogP contribution in [0.25, 0.3) is 5.70 Å². The number of rotatable bonds is 10. The zero-order chi connectivity index (χ0) is 23.9. The molecule has 0 aromatic heterocycles. The molecule has 172 valence electrons. The Labute approximate surface area is 195 Å². The van der Waals surface area contributed by atoms with Crippen LogP contribution in [0.4, 0.5) is 0 Å². The highest BCUT2D eigenvalue weighted by Crippen LogP contribution is 2.28. The Morgan fingerprint density at radius 2 is 1.72 bits per heavy atom. The molecule has 2 aromatic carbocycles. The minimum Gasteiger partial charge on any atom is -0.380 e. The fraction of sp³-hybridized carbons (Fsp3) is 0.433. The van der Waals surface area contributed by atoms with E-state index in [2.05, 4.69) is 94.2 Å². The minimum atomic E-state index is -0.267. The Hall–Kier alpha value is -2.61. The van der Waals surface area contributed by atoms with Crippen LogP contribution in [0.1, 0.15) is 83.1 Å². The Bertz CT molecular complexity index is 972. The quantitative estimate of drug-likeness (QED) is 0.389. The summed E-state index contributed by atoms with van der Waals surface area (Å²) >= 11 is 0. The predicted molar refractivity (Wildman–Crippen MR) is 139 cm³/mol. The number of ketones is 1. The van der Waals surface area contributed by atoms with Crippen molar-refractivity contribution < 1.29 is 4.79 Å². The SMILES string of the molecule is C=C(/C=C(\NCc1ccccc1C)c1cccc(C(C)(C)C)c1)CCCC(C)(C)C(C)=O. The van der Waals surface area contributed by atoms with E-state index in [4.69, 9.17) is 0 Å². The average molecular weight is 432 g/mol. The molecule has 0 aliphatic heterocycles. The highest BCUT2D eigenvalue weighted by atomic mass is 16.1. The molecule has 0 saturated heterocycles. The van der Waals surface area contributed by atoms with Gasteiger partial charge in [0.1, 0.15) is 5.78 Å². The Kier molecular flexibility index (Phi) is 8.66. The summed E-state index contributed by atoms with van der Waals surface area (Å²) in [7, 11) is 0. The van der Waals surface area contributed by atoms with Gasteiger partial charge in [-0.05, 0) is 72.9 Å². The van der Waals surface area contributed by atoms with Crippen LogP contribution in [-0.4, -0.2) is 5.78 Å². The second kappa shape index (κ2) is 10.8. The van der Waals surface area contributed by atoms with Gasteiger partial charge in [-0.15, -0.1) is 0 Å². The minimum absolute atomic E-state index is 0.0897. The fourth-order valence-electron chi connectivity index (χ4n) is 3.60. The normalized spacial score (nSPS) is 12.5. The van der Waals surface area contributed by atoms with Gasteiger partial charge >= 0.3 is 0 Å². The van der Waals surface area contributed by atoms with E-state index in [9.17, 15) is 4.79 Å². The van der Waals surface area contributed by atoms with Crippen LogP contribution in [0.3, 0.4) is 0 Å². The first-order valence-corrected chi connectivity index (χ1v) is 11.7. The van der Waals surface area contributed by atoms with Gasteiger partial charge in [0.25, 0.3) is 0 Å². The summed E-state index contributed by atoms with van der Waals surface area (Å²) < 4.78 is 0. The summed E-state index contributed by atoms with van der Waals surface area (Å²) in [6.45, 7) is 19.7. The summed E-state index contributed by atoms with van der Waals surface area (Å²) in [6, 6.07) is 17.3. The molecule has 0 aliphatic carbocycles. The van der Waals surface area contributed by atoms with Crippen LogP contribution in [0, 0.1) is 12.3 Å². The lowest BCUT2D eigenvalue weighted by Gasteiger charge is -2.22. The van der Waals surface area contributed by atoms with Gasteiger partial charge in [0.05, 0.1) is 0 Å². The van der Waals surface area contributed by atoms with Gasteiger partial charge in [0.15, 0.2) is 0 Å². The maximum atomic E-state index is 11.8. The van der Waals surface area contributed by atoms with Crippen molar-refractivity contribution in [3.8, 4) is 0 Å². The van der Waals surface area contributed by atoms with Crippen molar-refractivity contribution in [2.45, 2.75) is 79.7 Å². The Morgan fingerprint density at radius 3 is 2.34 bits per heavy atom. The first kappa shape index (κ1) is 25.6. The second-order valence-electron chi connectivity index (χ2n) is 10.6. The maximum absolute atomic E-state index is 11.8. The highest BCUT2D eigenvalue weighted by Gasteiger charge is 2.22. The first-order valence-electron chi connectivity index (χ1n) is 11.7. The van der Waals surface area contributed by atoms with Gasteiger partial charge in [0, 0.05) is 17.7 Å². The number of carbonyl (C=O) groups excluding carboxylic acids is 1. The number of Topliss-reactive ketones (excluding diaryl/α,β-unsaturated/α-hetero) is 1. The third-order valence-corrected chi connectivity index (χ3v) is 6.37. The summed E-state index contributed by atoms with van der Waals surface area (Å²) in [5, 5.41) is 3.67. The third kappa shape index (κ3) is 7.51. The first-order chi connectivity index (χ1) is 14.9. The van der Waals surface area contributed by atoms with Gasteiger partial charge in [-0.2, -0.15) is 0 Å². The number of allylic oxidation sites excluding steroid dienone is 2. The van der Waals surface area contributed by atoms with E-state index in [0.717, 1.165) is 37.1 Å². The number of aryl methyl sites for hydroxylation is 1. The summed E-state index contributed by atoms with van der Waals surface area (Å²) in [5.41, 5.74) is 7.06. The van der Waals surface area contributed by atoms with E-state index >= 15 is 0 Å². The number of carbonyl (C=O) groups is 1. The maximum Gasteiger partial charge on any atom is 0.135 e. The van der Waals surface area contributed by atoms with Crippen LogP contribution in [-0.2, 0) is 16.8 Å².